The highest BCUT2D eigenvalue weighted by Gasteiger charge is 2.30. The van der Waals surface area contributed by atoms with E-state index in [0.29, 0.717) is 29.3 Å². The zero-order valence-electron chi connectivity index (χ0n) is 18.6. The lowest BCUT2D eigenvalue weighted by molar-refractivity contribution is 0.393. The average molecular weight is 461 g/mol. The number of aromatic nitrogens is 6. The Balaban J connectivity index is 1.39. The van der Waals surface area contributed by atoms with Gasteiger partial charge in [0, 0.05) is 30.1 Å². The molecule has 0 spiro atoms. The van der Waals surface area contributed by atoms with E-state index in [4.69, 9.17) is 9.51 Å². The van der Waals surface area contributed by atoms with Gasteiger partial charge < -0.3 is 9.42 Å². The molecule has 1 aliphatic heterocycles. The van der Waals surface area contributed by atoms with Crippen molar-refractivity contribution in [1.29, 1.82) is 0 Å². The number of halogens is 2. The largest absolute Gasteiger partial charge is 0.361 e. The predicted molar refractivity (Wildman–Crippen MR) is 121 cm³/mol. The van der Waals surface area contributed by atoms with Gasteiger partial charge in [0.05, 0.1) is 29.7 Å². The molecule has 1 saturated heterocycles. The van der Waals surface area contributed by atoms with Gasteiger partial charge in [-0.3, -0.25) is 0 Å². The van der Waals surface area contributed by atoms with Crippen LogP contribution in [0.2, 0.25) is 0 Å². The van der Waals surface area contributed by atoms with Crippen molar-refractivity contribution >= 4 is 11.5 Å². The number of anilines is 1. The molecule has 0 N–H and O–H groups in total. The highest BCUT2D eigenvalue weighted by atomic mass is 19.1. The van der Waals surface area contributed by atoms with E-state index in [-0.39, 0.29) is 6.04 Å². The Kier molecular flexibility index (Phi) is 4.68. The summed E-state index contributed by atoms with van der Waals surface area (Å²) in [6.07, 6.45) is 8.74. The van der Waals surface area contributed by atoms with Crippen LogP contribution in [0.4, 0.5) is 14.6 Å². The third kappa shape index (κ3) is 3.25. The van der Waals surface area contributed by atoms with Crippen LogP contribution in [0.5, 0.6) is 0 Å². The summed E-state index contributed by atoms with van der Waals surface area (Å²) in [5.41, 5.74) is 4.25. The molecule has 5 aromatic rings. The SMILES string of the molecule is Cc1noc(C)c1-c1cnn(-c2cnn3ccc(N4CCCC4c4cc(F)ccc4F)nc23)c1. The molecule has 10 heteroatoms. The summed E-state index contributed by atoms with van der Waals surface area (Å²) in [6.45, 7) is 4.45. The minimum absolute atomic E-state index is 0.284. The lowest BCUT2D eigenvalue weighted by atomic mass is 10.0. The molecule has 0 bridgehead atoms. The maximum absolute atomic E-state index is 14.5. The third-order valence-corrected chi connectivity index (χ3v) is 6.35. The lowest BCUT2D eigenvalue weighted by Crippen LogP contribution is -2.24. The Hall–Kier alpha value is -4.08. The van der Waals surface area contributed by atoms with Crippen LogP contribution in [0.1, 0.15) is 35.9 Å². The van der Waals surface area contributed by atoms with Gasteiger partial charge in [-0.2, -0.15) is 10.2 Å². The first-order chi connectivity index (χ1) is 16.5. The Labute approximate surface area is 193 Å². The highest BCUT2D eigenvalue weighted by molar-refractivity contribution is 5.68. The van der Waals surface area contributed by atoms with Crippen LogP contribution >= 0.6 is 0 Å². The Morgan fingerprint density at radius 2 is 1.97 bits per heavy atom. The first kappa shape index (κ1) is 20.5. The van der Waals surface area contributed by atoms with Gasteiger partial charge in [-0.1, -0.05) is 5.16 Å². The normalized spacial score (nSPS) is 16.1. The van der Waals surface area contributed by atoms with Crippen LogP contribution in [0.15, 0.2) is 53.6 Å². The highest BCUT2D eigenvalue weighted by Crippen LogP contribution is 2.37. The average Bonchev–Trinajstić information content (AvgIpc) is 3.61. The monoisotopic (exact) mass is 461 g/mol. The van der Waals surface area contributed by atoms with Crippen LogP contribution in [0.25, 0.3) is 22.5 Å². The van der Waals surface area contributed by atoms with E-state index >= 15 is 0 Å². The van der Waals surface area contributed by atoms with Crippen molar-refractivity contribution in [3.8, 4) is 16.8 Å². The second-order valence-electron chi connectivity index (χ2n) is 8.47. The van der Waals surface area contributed by atoms with Gasteiger partial charge in [-0.25, -0.2) is 23.0 Å². The van der Waals surface area contributed by atoms with Crippen molar-refractivity contribution < 1.29 is 13.3 Å². The van der Waals surface area contributed by atoms with Crippen LogP contribution in [0.3, 0.4) is 0 Å². The fourth-order valence-electron chi connectivity index (χ4n) is 4.78. The molecule has 1 aliphatic rings. The minimum Gasteiger partial charge on any atom is -0.361 e. The lowest BCUT2D eigenvalue weighted by Gasteiger charge is -2.26. The Morgan fingerprint density at radius 1 is 1.09 bits per heavy atom. The molecule has 8 nitrogen and oxygen atoms in total. The van der Waals surface area contributed by atoms with Crippen molar-refractivity contribution in [3.63, 3.8) is 0 Å². The van der Waals surface area contributed by atoms with Gasteiger partial charge in [0.25, 0.3) is 0 Å². The fourth-order valence-corrected chi connectivity index (χ4v) is 4.78. The molecule has 5 heterocycles. The van der Waals surface area contributed by atoms with Gasteiger partial charge in [0.15, 0.2) is 5.65 Å². The second kappa shape index (κ2) is 7.75. The minimum atomic E-state index is -0.447. The Morgan fingerprint density at radius 3 is 2.79 bits per heavy atom. The van der Waals surface area contributed by atoms with Crippen molar-refractivity contribution in [3.05, 3.63) is 77.7 Å². The van der Waals surface area contributed by atoms with E-state index in [9.17, 15) is 8.78 Å². The first-order valence-electron chi connectivity index (χ1n) is 11.0. The molecule has 1 fully saturated rings. The summed E-state index contributed by atoms with van der Waals surface area (Å²) < 4.78 is 37.1. The van der Waals surface area contributed by atoms with Crippen LogP contribution in [-0.2, 0) is 0 Å². The van der Waals surface area contributed by atoms with Gasteiger partial charge in [0.2, 0.25) is 0 Å². The summed E-state index contributed by atoms with van der Waals surface area (Å²) in [5, 5.41) is 12.9. The van der Waals surface area contributed by atoms with Crippen LogP contribution < -0.4 is 4.90 Å². The molecular weight excluding hydrogens is 440 g/mol. The van der Waals surface area contributed by atoms with Crippen LogP contribution in [0, 0.1) is 25.5 Å². The standard InChI is InChI=1S/C24H21F2N7O/c1-14-23(15(2)34-30-14)16-11-27-33(13-16)21-12-28-32-9-7-22(29-24(21)32)31-8-3-4-20(31)18-10-17(25)5-6-19(18)26/h5-7,9-13,20H,3-4,8H2,1-2H3. The number of hydrogen-bond acceptors (Lipinski definition) is 6. The number of fused-ring (bicyclic) bond motifs is 1. The van der Waals surface area contributed by atoms with E-state index in [1.165, 1.54) is 12.1 Å². The van der Waals surface area contributed by atoms with Crippen molar-refractivity contribution in [2.45, 2.75) is 32.7 Å². The predicted octanol–water partition coefficient (Wildman–Crippen LogP) is 4.81. The van der Waals surface area contributed by atoms with E-state index in [0.717, 1.165) is 41.5 Å². The maximum Gasteiger partial charge on any atom is 0.183 e. The number of nitrogens with zero attached hydrogens (tertiary/aromatic N) is 7. The summed E-state index contributed by atoms with van der Waals surface area (Å²) in [7, 11) is 0. The van der Waals surface area contributed by atoms with Gasteiger partial charge in [-0.05, 0) is 51.0 Å². The molecule has 0 amide bonds. The number of benzene rings is 1. The van der Waals surface area contributed by atoms with Gasteiger partial charge in [-0.15, -0.1) is 0 Å². The molecule has 1 aromatic carbocycles. The first-order valence-corrected chi connectivity index (χ1v) is 11.0. The molecule has 0 aliphatic carbocycles. The number of hydrogen-bond donors (Lipinski definition) is 0. The molecule has 1 unspecified atom stereocenters. The second-order valence-corrected chi connectivity index (χ2v) is 8.47. The molecule has 0 radical (unpaired) electrons. The van der Waals surface area contributed by atoms with Crippen molar-refractivity contribution in [1.82, 2.24) is 29.5 Å². The number of aryl methyl sites for hydroxylation is 2. The zero-order chi connectivity index (χ0) is 23.4. The number of rotatable bonds is 4. The molecule has 1 atom stereocenters. The topological polar surface area (TPSA) is 77.3 Å². The quantitative estimate of drug-likeness (QED) is 0.382. The van der Waals surface area contributed by atoms with E-state index in [1.807, 2.05) is 37.2 Å². The molecule has 0 saturated carbocycles. The molecular formula is C24H21F2N7O. The zero-order valence-corrected chi connectivity index (χ0v) is 18.6. The van der Waals surface area contributed by atoms with Gasteiger partial charge in [0.1, 0.15) is 28.9 Å². The van der Waals surface area contributed by atoms with Crippen molar-refractivity contribution in [2.24, 2.45) is 0 Å². The summed E-state index contributed by atoms with van der Waals surface area (Å²) in [6, 6.07) is 5.16. The van der Waals surface area contributed by atoms with E-state index in [2.05, 4.69) is 15.4 Å². The molecule has 172 valence electrons. The van der Waals surface area contributed by atoms with E-state index < -0.39 is 11.6 Å². The van der Waals surface area contributed by atoms with E-state index in [1.54, 1.807) is 21.6 Å². The third-order valence-electron chi connectivity index (χ3n) is 6.35. The summed E-state index contributed by atoms with van der Waals surface area (Å²) in [4.78, 5) is 6.87. The summed E-state index contributed by atoms with van der Waals surface area (Å²) in [5.74, 6) is 0.547. The maximum atomic E-state index is 14.5. The summed E-state index contributed by atoms with van der Waals surface area (Å²) >= 11 is 0. The van der Waals surface area contributed by atoms with Crippen LogP contribution in [-0.4, -0.2) is 36.1 Å². The molecule has 34 heavy (non-hydrogen) atoms. The Bertz CT molecular complexity index is 1500. The fraction of sp³-hybridized carbons (Fsp3) is 0.250. The smallest absolute Gasteiger partial charge is 0.183 e. The molecule has 6 rings (SSSR count). The van der Waals surface area contributed by atoms with Crippen molar-refractivity contribution in [2.75, 3.05) is 11.4 Å². The molecule has 4 aromatic heterocycles. The van der Waals surface area contributed by atoms with Gasteiger partial charge >= 0.3 is 0 Å².